The fourth-order valence-electron chi connectivity index (χ4n) is 2.18. The quantitative estimate of drug-likeness (QED) is 0.689. The molecular weight excluding hydrogens is 254 g/mol. The predicted molar refractivity (Wildman–Crippen MR) is 82.5 cm³/mol. The number of hydrogen-bond acceptors (Lipinski definition) is 4. The number of rotatable bonds is 4. The van der Waals surface area contributed by atoms with Gasteiger partial charge in [0.2, 0.25) is 0 Å². The number of anilines is 1. The molecule has 0 aliphatic heterocycles. The molecule has 0 aromatic carbocycles. The molecule has 2 heterocycles. The minimum absolute atomic E-state index is 0.0164. The van der Waals surface area contributed by atoms with E-state index in [1.165, 1.54) is 0 Å². The van der Waals surface area contributed by atoms with Crippen molar-refractivity contribution in [1.29, 1.82) is 0 Å². The van der Waals surface area contributed by atoms with Crippen LogP contribution in [0.2, 0.25) is 0 Å². The zero-order chi connectivity index (χ0) is 14.9. The van der Waals surface area contributed by atoms with Gasteiger partial charge in [0, 0.05) is 18.3 Å². The fourth-order valence-corrected chi connectivity index (χ4v) is 2.18. The zero-order valence-electron chi connectivity index (χ0n) is 12.6. The molecule has 0 saturated carbocycles. The van der Waals surface area contributed by atoms with Crippen LogP contribution in [0.3, 0.4) is 0 Å². The van der Waals surface area contributed by atoms with Gasteiger partial charge < -0.3 is 0 Å². The monoisotopic (exact) mass is 275 g/mol. The first-order valence-corrected chi connectivity index (χ1v) is 6.83. The zero-order valence-corrected chi connectivity index (χ0v) is 12.6. The highest BCUT2D eigenvalue weighted by Gasteiger charge is 2.15. The van der Waals surface area contributed by atoms with Gasteiger partial charge >= 0.3 is 5.69 Å². The third kappa shape index (κ3) is 2.45. The van der Waals surface area contributed by atoms with Gasteiger partial charge in [-0.2, -0.15) is 5.10 Å². The highest BCUT2D eigenvalue weighted by Crippen LogP contribution is 2.19. The molecule has 1 N–H and O–H groups in total. The molecule has 0 bridgehead atoms. The molecule has 0 spiro atoms. The van der Waals surface area contributed by atoms with Crippen LogP contribution in [0, 0.1) is 0 Å². The number of nitrogens with zero attached hydrogens (tertiary/aromatic N) is 4. The van der Waals surface area contributed by atoms with Gasteiger partial charge in [-0.3, -0.25) is 14.6 Å². The van der Waals surface area contributed by atoms with Crippen molar-refractivity contribution in [1.82, 2.24) is 14.1 Å². The molecule has 6 heteroatoms. The SMILES string of the molecule is CCn1c(=O)n(C(C)C)c2cc(NN=C(C)C)cnc21. The van der Waals surface area contributed by atoms with E-state index < -0.39 is 0 Å². The van der Waals surface area contributed by atoms with Gasteiger partial charge in [0.05, 0.1) is 17.4 Å². The summed E-state index contributed by atoms with van der Waals surface area (Å²) >= 11 is 0. The van der Waals surface area contributed by atoms with Gasteiger partial charge in [-0.1, -0.05) is 0 Å². The number of imidazole rings is 1. The maximum atomic E-state index is 12.4. The Labute approximate surface area is 118 Å². The Hall–Kier alpha value is -2.11. The predicted octanol–water partition coefficient (Wildman–Crippen LogP) is 2.61. The Morgan fingerprint density at radius 2 is 2.15 bits per heavy atom. The van der Waals surface area contributed by atoms with E-state index in [1.807, 2.05) is 40.7 Å². The molecule has 2 rings (SSSR count). The maximum Gasteiger partial charge on any atom is 0.330 e. The lowest BCUT2D eigenvalue weighted by atomic mass is 10.3. The van der Waals surface area contributed by atoms with E-state index in [4.69, 9.17) is 0 Å². The van der Waals surface area contributed by atoms with Gasteiger partial charge in [0.1, 0.15) is 0 Å². The molecule has 6 nitrogen and oxygen atoms in total. The molecular formula is C14H21N5O. The minimum atomic E-state index is -0.0164. The summed E-state index contributed by atoms with van der Waals surface area (Å²) < 4.78 is 3.45. The first-order valence-electron chi connectivity index (χ1n) is 6.83. The molecule has 0 amide bonds. The Bertz CT molecular complexity index is 704. The largest absolute Gasteiger partial charge is 0.330 e. The van der Waals surface area contributed by atoms with Crippen molar-refractivity contribution in [3.63, 3.8) is 0 Å². The van der Waals surface area contributed by atoms with Gasteiger partial charge in [-0.05, 0) is 40.7 Å². The smallest absolute Gasteiger partial charge is 0.288 e. The Balaban J connectivity index is 2.64. The number of aryl methyl sites for hydroxylation is 1. The molecule has 0 atom stereocenters. The maximum absolute atomic E-state index is 12.4. The normalized spacial score (nSPS) is 11.1. The number of pyridine rings is 1. The van der Waals surface area contributed by atoms with Crippen molar-refractivity contribution in [2.24, 2.45) is 5.10 Å². The first-order chi connectivity index (χ1) is 9.45. The van der Waals surface area contributed by atoms with Gasteiger partial charge in [0.15, 0.2) is 5.65 Å². The molecule has 0 aliphatic rings. The van der Waals surface area contributed by atoms with Crippen molar-refractivity contribution in [3.8, 4) is 0 Å². The van der Waals surface area contributed by atoms with Crippen LogP contribution in [-0.4, -0.2) is 19.8 Å². The van der Waals surface area contributed by atoms with Crippen molar-refractivity contribution < 1.29 is 0 Å². The second-order valence-electron chi connectivity index (χ2n) is 5.23. The fraction of sp³-hybridized carbons (Fsp3) is 0.500. The highest BCUT2D eigenvalue weighted by atomic mass is 16.1. The van der Waals surface area contributed by atoms with Gasteiger partial charge in [0.25, 0.3) is 0 Å². The first kappa shape index (κ1) is 14.3. The van der Waals surface area contributed by atoms with Crippen molar-refractivity contribution in [3.05, 3.63) is 22.7 Å². The summed E-state index contributed by atoms with van der Waals surface area (Å²) in [4.78, 5) is 16.8. The molecule has 20 heavy (non-hydrogen) atoms. The Morgan fingerprint density at radius 3 is 2.70 bits per heavy atom. The number of hydrogen-bond donors (Lipinski definition) is 1. The summed E-state index contributed by atoms with van der Waals surface area (Å²) in [6, 6.07) is 2.01. The van der Waals surface area contributed by atoms with Crippen molar-refractivity contribution in [2.75, 3.05) is 5.43 Å². The minimum Gasteiger partial charge on any atom is -0.288 e. The molecule has 0 fully saturated rings. The van der Waals surface area contributed by atoms with Crippen molar-refractivity contribution in [2.45, 2.75) is 47.2 Å². The van der Waals surface area contributed by atoms with Crippen LogP contribution in [0.1, 0.15) is 40.7 Å². The summed E-state index contributed by atoms with van der Waals surface area (Å²) in [5.74, 6) is 0. The Kier molecular flexibility index (Phi) is 3.92. The summed E-state index contributed by atoms with van der Waals surface area (Å²) in [6.07, 6.45) is 1.70. The van der Waals surface area contributed by atoms with Crippen LogP contribution in [0.5, 0.6) is 0 Å². The second kappa shape index (κ2) is 5.48. The molecule has 0 unspecified atom stereocenters. The summed E-state index contributed by atoms with van der Waals surface area (Å²) in [6.45, 7) is 10.4. The summed E-state index contributed by atoms with van der Waals surface area (Å²) in [5.41, 5.74) is 6.19. The van der Waals surface area contributed by atoms with Gasteiger partial charge in [-0.15, -0.1) is 0 Å². The lowest BCUT2D eigenvalue weighted by Crippen LogP contribution is -2.25. The molecule has 0 saturated heterocycles. The molecule has 2 aromatic heterocycles. The average Bonchev–Trinajstić information content (AvgIpc) is 2.66. The van der Waals surface area contributed by atoms with Crippen LogP contribution in [0.15, 0.2) is 22.2 Å². The van der Waals surface area contributed by atoms with E-state index in [0.29, 0.717) is 12.2 Å². The molecule has 0 aliphatic carbocycles. The second-order valence-corrected chi connectivity index (χ2v) is 5.23. The van der Waals surface area contributed by atoms with Crippen molar-refractivity contribution >= 4 is 22.6 Å². The highest BCUT2D eigenvalue weighted by molar-refractivity contribution is 5.80. The molecule has 108 valence electrons. The van der Waals surface area contributed by atoms with Crippen LogP contribution in [0.4, 0.5) is 5.69 Å². The van der Waals surface area contributed by atoms with Gasteiger partial charge in [-0.25, -0.2) is 9.78 Å². The number of aromatic nitrogens is 3. The number of nitrogens with one attached hydrogen (secondary N) is 1. The lowest BCUT2D eigenvalue weighted by molar-refractivity contribution is 0.571. The average molecular weight is 275 g/mol. The topological polar surface area (TPSA) is 64.2 Å². The Morgan fingerprint density at radius 1 is 1.45 bits per heavy atom. The third-order valence-electron chi connectivity index (χ3n) is 3.04. The molecule has 2 aromatic rings. The number of fused-ring (bicyclic) bond motifs is 1. The van der Waals surface area contributed by atoms with E-state index in [9.17, 15) is 4.79 Å². The van der Waals surface area contributed by atoms with Crippen LogP contribution < -0.4 is 11.1 Å². The number of hydrazone groups is 1. The lowest BCUT2D eigenvalue weighted by Gasteiger charge is -2.07. The van der Waals surface area contributed by atoms with E-state index >= 15 is 0 Å². The van der Waals surface area contributed by atoms with Crippen LogP contribution >= 0.6 is 0 Å². The van der Waals surface area contributed by atoms with Crippen LogP contribution in [0.25, 0.3) is 11.2 Å². The van der Waals surface area contributed by atoms with E-state index in [1.54, 1.807) is 15.3 Å². The van der Waals surface area contributed by atoms with Crippen LogP contribution in [-0.2, 0) is 6.54 Å². The van der Waals surface area contributed by atoms with E-state index in [-0.39, 0.29) is 11.7 Å². The van der Waals surface area contributed by atoms with E-state index in [2.05, 4.69) is 15.5 Å². The standard InChI is InChI=1S/C14H21N5O/c1-6-18-13-12(19(10(4)5)14(18)20)7-11(8-15-13)17-16-9(2)3/h7-8,10,17H,6H2,1-5H3. The van der Waals surface area contributed by atoms with E-state index in [0.717, 1.165) is 16.9 Å². The molecule has 0 radical (unpaired) electrons. The third-order valence-corrected chi connectivity index (χ3v) is 3.04. The summed E-state index contributed by atoms with van der Waals surface area (Å²) in [5, 5.41) is 4.16. The summed E-state index contributed by atoms with van der Waals surface area (Å²) in [7, 11) is 0.